The van der Waals surface area contributed by atoms with Crippen molar-refractivity contribution in [3.63, 3.8) is 0 Å². The molecule has 0 spiro atoms. The van der Waals surface area contributed by atoms with Gasteiger partial charge in [0, 0.05) is 19.0 Å². The molecule has 1 fully saturated rings. The van der Waals surface area contributed by atoms with Gasteiger partial charge in [-0.3, -0.25) is 9.52 Å². The van der Waals surface area contributed by atoms with E-state index in [2.05, 4.69) is 5.32 Å². The summed E-state index contributed by atoms with van der Waals surface area (Å²) in [5.74, 6) is -0.504. The van der Waals surface area contributed by atoms with Crippen molar-refractivity contribution in [3.8, 4) is 0 Å². The smallest absolute Gasteiger partial charge is 0.235 e. The van der Waals surface area contributed by atoms with Crippen LogP contribution in [-0.2, 0) is 19.6 Å². The Hall–Kier alpha value is -0.660. The lowest BCUT2D eigenvalue weighted by Crippen LogP contribution is -2.44. The highest BCUT2D eigenvalue weighted by atomic mass is 32.2. The fourth-order valence-electron chi connectivity index (χ4n) is 1.22. The number of sulfonamides is 1. The molecule has 7 heteroatoms. The van der Waals surface area contributed by atoms with Crippen molar-refractivity contribution < 1.29 is 17.9 Å². The molecule has 1 aliphatic heterocycles. The molecule has 6 nitrogen and oxygen atoms in total. The van der Waals surface area contributed by atoms with Gasteiger partial charge in [0.2, 0.25) is 15.9 Å². The standard InChI is InChI=1S/C7H14N2O4S/c1-14(11,12)9-7(10)4-6-5-13-3-2-8-6/h6,8H,2-5H2,1H3,(H,9,10). The molecule has 1 aliphatic rings. The van der Waals surface area contributed by atoms with E-state index in [0.717, 1.165) is 6.26 Å². The second-order valence-electron chi connectivity index (χ2n) is 3.23. The Balaban J connectivity index is 2.32. The highest BCUT2D eigenvalue weighted by Crippen LogP contribution is 1.98. The van der Waals surface area contributed by atoms with Crippen molar-refractivity contribution in [3.05, 3.63) is 0 Å². The molecule has 0 saturated carbocycles. The lowest BCUT2D eigenvalue weighted by molar-refractivity contribution is -0.120. The van der Waals surface area contributed by atoms with E-state index in [-0.39, 0.29) is 12.5 Å². The fourth-order valence-corrected chi connectivity index (χ4v) is 1.72. The van der Waals surface area contributed by atoms with Gasteiger partial charge in [0.25, 0.3) is 0 Å². The minimum atomic E-state index is -3.44. The molecule has 0 aromatic heterocycles. The van der Waals surface area contributed by atoms with Gasteiger partial charge in [-0.2, -0.15) is 0 Å². The molecule has 14 heavy (non-hydrogen) atoms. The van der Waals surface area contributed by atoms with E-state index in [1.165, 1.54) is 0 Å². The summed E-state index contributed by atoms with van der Waals surface area (Å²) < 4.78 is 28.4. The first kappa shape index (κ1) is 11.4. The molecule has 0 radical (unpaired) electrons. The van der Waals surface area contributed by atoms with Crippen LogP contribution in [0.15, 0.2) is 0 Å². The first-order valence-corrected chi connectivity index (χ1v) is 6.18. The second kappa shape index (κ2) is 4.72. The number of rotatable bonds is 3. The number of amides is 1. The third-order valence-electron chi connectivity index (χ3n) is 1.73. The zero-order chi connectivity index (χ0) is 10.6. The molecule has 1 heterocycles. The number of ether oxygens (including phenoxy) is 1. The normalized spacial score (nSPS) is 23.1. The molecule has 1 saturated heterocycles. The van der Waals surface area contributed by atoms with E-state index in [4.69, 9.17) is 4.74 Å². The van der Waals surface area contributed by atoms with Crippen LogP contribution >= 0.6 is 0 Å². The number of nitrogens with one attached hydrogen (secondary N) is 2. The average Bonchev–Trinajstić information content (AvgIpc) is 2.02. The van der Waals surface area contributed by atoms with E-state index >= 15 is 0 Å². The summed E-state index contributed by atoms with van der Waals surface area (Å²) in [6.45, 7) is 1.76. The van der Waals surface area contributed by atoms with E-state index < -0.39 is 15.9 Å². The summed E-state index contributed by atoms with van der Waals surface area (Å²) in [5.41, 5.74) is 0. The minimum Gasteiger partial charge on any atom is -0.378 e. The van der Waals surface area contributed by atoms with Crippen LogP contribution in [0, 0.1) is 0 Å². The summed E-state index contributed by atoms with van der Waals surface area (Å²) in [6, 6.07) is -0.0921. The van der Waals surface area contributed by atoms with Gasteiger partial charge in [0.05, 0.1) is 19.5 Å². The Morgan fingerprint density at radius 1 is 1.64 bits per heavy atom. The molecule has 2 N–H and O–H groups in total. The zero-order valence-corrected chi connectivity index (χ0v) is 8.76. The highest BCUT2D eigenvalue weighted by Gasteiger charge is 2.18. The fraction of sp³-hybridized carbons (Fsp3) is 0.857. The number of carbonyl (C=O) groups excluding carboxylic acids is 1. The number of carbonyl (C=O) groups is 1. The predicted octanol–water partition coefficient (Wildman–Crippen LogP) is -1.56. The second-order valence-corrected chi connectivity index (χ2v) is 4.98. The van der Waals surface area contributed by atoms with Gasteiger partial charge in [-0.25, -0.2) is 8.42 Å². The van der Waals surface area contributed by atoms with Crippen molar-refractivity contribution in [1.29, 1.82) is 0 Å². The topological polar surface area (TPSA) is 84.5 Å². The van der Waals surface area contributed by atoms with Crippen LogP contribution in [0.2, 0.25) is 0 Å². The van der Waals surface area contributed by atoms with E-state index in [1.807, 2.05) is 4.72 Å². The van der Waals surface area contributed by atoms with Gasteiger partial charge < -0.3 is 10.1 Å². The van der Waals surface area contributed by atoms with Crippen molar-refractivity contribution in [2.45, 2.75) is 12.5 Å². The minimum absolute atomic E-state index is 0.0921. The molecule has 82 valence electrons. The highest BCUT2D eigenvalue weighted by molar-refractivity contribution is 7.89. The summed E-state index contributed by atoms with van der Waals surface area (Å²) >= 11 is 0. The Morgan fingerprint density at radius 2 is 2.36 bits per heavy atom. The van der Waals surface area contributed by atoms with Crippen LogP contribution in [0.3, 0.4) is 0 Å². The third kappa shape index (κ3) is 4.54. The number of morpholine rings is 1. The SMILES string of the molecule is CS(=O)(=O)NC(=O)CC1COCCN1. The Morgan fingerprint density at radius 3 is 2.86 bits per heavy atom. The van der Waals surface area contributed by atoms with Gasteiger partial charge in [-0.1, -0.05) is 0 Å². The van der Waals surface area contributed by atoms with E-state index in [9.17, 15) is 13.2 Å². The first-order valence-electron chi connectivity index (χ1n) is 4.29. The Bertz CT molecular complexity index is 295. The van der Waals surface area contributed by atoms with Crippen LogP contribution in [-0.4, -0.2) is 46.4 Å². The lowest BCUT2D eigenvalue weighted by Gasteiger charge is -2.22. The molecular formula is C7H14N2O4S. The van der Waals surface area contributed by atoms with Crippen LogP contribution in [0.1, 0.15) is 6.42 Å². The maximum Gasteiger partial charge on any atom is 0.235 e. The van der Waals surface area contributed by atoms with Crippen LogP contribution in [0.25, 0.3) is 0 Å². The van der Waals surface area contributed by atoms with E-state index in [0.29, 0.717) is 19.8 Å². The molecule has 1 atom stereocenters. The largest absolute Gasteiger partial charge is 0.378 e. The van der Waals surface area contributed by atoms with Crippen molar-refractivity contribution in [1.82, 2.24) is 10.0 Å². The predicted molar refractivity (Wildman–Crippen MR) is 50.2 cm³/mol. The quantitative estimate of drug-likeness (QED) is 0.603. The zero-order valence-electron chi connectivity index (χ0n) is 7.95. The molecule has 0 aromatic rings. The first-order chi connectivity index (χ1) is 6.47. The van der Waals surface area contributed by atoms with Gasteiger partial charge in [-0.15, -0.1) is 0 Å². The van der Waals surface area contributed by atoms with Gasteiger partial charge in [-0.05, 0) is 0 Å². The van der Waals surface area contributed by atoms with E-state index in [1.54, 1.807) is 0 Å². The monoisotopic (exact) mass is 222 g/mol. The summed E-state index contributed by atoms with van der Waals surface area (Å²) in [5, 5.41) is 3.06. The molecular weight excluding hydrogens is 208 g/mol. The molecule has 1 amide bonds. The van der Waals surface area contributed by atoms with Crippen LogP contribution in [0.5, 0.6) is 0 Å². The lowest BCUT2D eigenvalue weighted by atomic mass is 10.2. The number of hydrogen-bond acceptors (Lipinski definition) is 5. The number of hydrogen-bond donors (Lipinski definition) is 2. The summed E-state index contributed by atoms with van der Waals surface area (Å²) in [6.07, 6.45) is 1.07. The third-order valence-corrected chi connectivity index (χ3v) is 2.33. The van der Waals surface area contributed by atoms with Gasteiger partial charge >= 0.3 is 0 Å². The average molecular weight is 222 g/mol. The maximum absolute atomic E-state index is 11.1. The van der Waals surface area contributed by atoms with Crippen LogP contribution in [0.4, 0.5) is 0 Å². The van der Waals surface area contributed by atoms with Gasteiger partial charge in [0.1, 0.15) is 0 Å². The molecule has 0 bridgehead atoms. The Labute approximate surface area is 83.1 Å². The molecule has 1 rings (SSSR count). The van der Waals surface area contributed by atoms with Crippen LogP contribution < -0.4 is 10.0 Å². The van der Waals surface area contributed by atoms with Crippen molar-refractivity contribution in [2.75, 3.05) is 26.0 Å². The Kier molecular flexibility index (Phi) is 3.85. The summed E-state index contributed by atoms with van der Waals surface area (Å²) in [4.78, 5) is 11.1. The van der Waals surface area contributed by atoms with Crippen molar-refractivity contribution >= 4 is 15.9 Å². The molecule has 0 aromatic carbocycles. The maximum atomic E-state index is 11.1. The van der Waals surface area contributed by atoms with Crippen molar-refractivity contribution in [2.24, 2.45) is 0 Å². The van der Waals surface area contributed by atoms with Gasteiger partial charge in [0.15, 0.2) is 0 Å². The molecule has 0 aliphatic carbocycles. The summed E-state index contributed by atoms with van der Waals surface area (Å²) in [7, 11) is -3.44. The molecule has 1 unspecified atom stereocenters.